The Morgan fingerprint density at radius 2 is 2.05 bits per heavy atom. The number of anilines is 1. The first-order valence-corrected chi connectivity index (χ1v) is 6.28. The van der Waals surface area contributed by atoms with E-state index in [2.05, 4.69) is 15.5 Å². The fraction of sp³-hybridized carbons (Fsp3) is 0.667. The molecule has 0 atom stereocenters. The third-order valence-electron chi connectivity index (χ3n) is 2.98. The zero-order chi connectivity index (χ0) is 13.9. The first kappa shape index (κ1) is 14.0. The first-order valence-electron chi connectivity index (χ1n) is 6.28. The van der Waals surface area contributed by atoms with Crippen molar-refractivity contribution in [2.75, 3.05) is 18.5 Å². The van der Waals surface area contributed by atoms with Crippen molar-refractivity contribution in [2.24, 2.45) is 0 Å². The molecule has 0 bridgehead atoms. The van der Waals surface area contributed by atoms with E-state index in [0.29, 0.717) is 18.4 Å². The highest BCUT2D eigenvalue weighted by molar-refractivity contribution is 5.35. The molecule has 19 heavy (non-hydrogen) atoms. The van der Waals surface area contributed by atoms with Gasteiger partial charge in [0.2, 0.25) is 0 Å². The Morgan fingerprint density at radius 3 is 2.58 bits per heavy atom. The lowest BCUT2D eigenvalue weighted by Crippen LogP contribution is -2.25. The van der Waals surface area contributed by atoms with E-state index >= 15 is 0 Å². The van der Waals surface area contributed by atoms with Crippen LogP contribution in [0.15, 0.2) is 12.1 Å². The predicted molar refractivity (Wildman–Crippen MR) is 65.8 cm³/mol. The molecule has 1 saturated carbocycles. The van der Waals surface area contributed by atoms with Crippen LogP contribution in [0.1, 0.15) is 25.0 Å². The molecule has 7 heteroatoms. The third kappa shape index (κ3) is 5.02. The van der Waals surface area contributed by atoms with E-state index in [-0.39, 0.29) is 6.54 Å². The Bertz CT molecular complexity index is 400. The van der Waals surface area contributed by atoms with Gasteiger partial charge in [0.05, 0.1) is 12.1 Å². The topological polar surface area (TPSA) is 41.0 Å². The van der Waals surface area contributed by atoms with Gasteiger partial charge in [-0.1, -0.05) is 0 Å². The van der Waals surface area contributed by atoms with E-state index in [1.54, 1.807) is 19.2 Å². The van der Waals surface area contributed by atoms with Gasteiger partial charge in [-0.3, -0.25) is 0 Å². The summed E-state index contributed by atoms with van der Waals surface area (Å²) in [6.45, 7) is 0.544. The maximum atomic E-state index is 12.1. The van der Waals surface area contributed by atoms with Gasteiger partial charge in [0.25, 0.3) is 0 Å². The van der Waals surface area contributed by atoms with Crippen molar-refractivity contribution < 1.29 is 13.2 Å². The maximum absolute atomic E-state index is 12.1. The highest BCUT2D eigenvalue weighted by Crippen LogP contribution is 2.21. The maximum Gasteiger partial charge on any atom is 0.390 e. The van der Waals surface area contributed by atoms with Crippen molar-refractivity contribution in [3.05, 3.63) is 17.8 Å². The Hall–Kier alpha value is -1.37. The molecular weight excluding hydrogens is 257 g/mol. The van der Waals surface area contributed by atoms with E-state index in [1.807, 2.05) is 0 Å². The van der Waals surface area contributed by atoms with Gasteiger partial charge in [-0.05, 0) is 25.0 Å². The van der Waals surface area contributed by atoms with Gasteiger partial charge in [-0.25, -0.2) is 0 Å². The number of hydrogen-bond donors (Lipinski definition) is 1. The smallest absolute Gasteiger partial charge is 0.358 e. The Balaban J connectivity index is 1.82. The summed E-state index contributed by atoms with van der Waals surface area (Å²) in [5.74, 6) is 0.458. The minimum atomic E-state index is -4.14. The van der Waals surface area contributed by atoms with E-state index in [0.717, 1.165) is 5.69 Å². The highest BCUT2D eigenvalue weighted by Gasteiger charge is 2.27. The van der Waals surface area contributed by atoms with E-state index in [9.17, 15) is 13.2 Å². The summed E-state index contributed by atoms with van der Waals surface area (Å²) in [5, 5.41) is 11.3. The standard InChI is InChI=1S/C12H17F3N4/c1-19(7-6-12(13,14)15)11-5-4-10(17-18-11)8-16-9-2-3-9/h4-5,9,16H,2-3,6-8H2,1H3. The minimum absolute atomic E-state index is 0.113. The van der Waals surface area contributed by atoms with Gasteiger partial charge >= 0.3 is 6.18 Å². The summed E-state index contributed by atoms with van der Waals surface area (Å²) in [6.07, 6.45) is -2.59. The molecule has 0 amide bonds. The van der Waals surface area contributed by atoms with Gasteiger partial charge in [0.1, 0.15) is 0 Å². The molecular formula is C12H17F3N4. The highest BCUT2D eigenvalue weighted by atomic mass is 19.4. The summed E-state index contributed by atoms with van der Waals surface area (Å²) < 4.78 is 36.3. The molecule has 4 nitrogen and oxygen atoms in total. The molecule has 1 aromatic heterocycles. The monoisotopic (exact) mass is 274 g/mol. The lowest BCUT2D eigenvalue weighted by Gasteiger charge is -2.18. The van der Waals surface area contributed by atoms with Crippen LogP contribution in [0.2, 0.25) is 0 Å². The van der Waals surface area contributed by atoms with Crippen LogP contribution in [0.3, 0.4) is 0 Å². The third-order valence-corrected chi connectivity index (χ3v) is 2.98. The minimum Gasteiger partial charge on any atom is -0.358 e. The average molecular weight is 274 g/mol. The molecule has 1 heterocycles. The van der Waals surface area contributed by atoms with Crippen molar-refractivity contribution in [3.8, 4) is 0 Å². The van der Waals surface area contributed by atoms with Crippen LogP contribution >= 0.6 is 0 Å². The van der Waals surface area contributed by atoms with Gasteiger partial charge in [-0.2, -0.15) is 18.3 Å². The molecule has 0 radical (unpaired) electrons. The number of halogens is 3. The molecule has 1 aromatic rings. The summed E-state index contributed by atoms with van der Waals surface area (Å²) in [6, 6.07) is 4.09. The summed E-state index contributed by atoms with van der Waals surface area (Å²) in [4.78, 5) is 1.46. The van der Waals surface area contributed by atoms with E-state index in [4.69, 9.17) is 0 Å². The molecule has 0 aromatic carbocycles. The Kier molecular flexibility index (Phi) is 4.24. The molecule has 1 aliphatic rings. The summed E-state index contributed by atoms with van der Waals surface area (Å²) in [7, 11) is 1.58. The van der Waals surface area contributed by atoms with Crippen molar-refractivity contribution in [1.82, 2.24) is 15.5 Å². The van der Waals surface area contributed by atoms with Crippen LogP contribution in [0, 0.1) is 0 Å². The second-order valence-electron chi connectivity index (χ2n) is 4.82. The molecule has 0 aliphatic heterocycles. The number of aromatic nitrogens is 2. The molecule has 0 unspecified atom stereocenters. The summed E-state index contributed by atoms with van der Waals surface area (Å²) >= 11 is 0. The molecule has 0 saturated heterocycles. The number of alkyl halides is 3. The number of nitrogens with zero attached hydrogens (tertiary/aromatic N) is 3. The molecule has 1 fully saturated rings. The molecule has 106 valence electrons. The molecule has 2 rings (SSSR count). The van der Waals surface area contributed by atoms with E-state index < -0.39 is 12.6 Å². The second-order valence-corrected chi connectivity index (χ2v) is 4.82. The van der Waals surface area contributed by atoms with Gasteiger partial charge in [-0.15, -0.1) is 5.10 Å². The molecule has 0 spiro atoms. The van der Waals surface area contributed by atoms with Crippen molar-refractivity contribution in [2.45, 2.75) is 38.0 Å². The number of rotatable bonds is 6. The molecule has 1 N–H and O–H groups in total. The van der Waals surface area contributed by atoms with Gasteiger partial charge < -0.3 is 10.2 Å². The lowest BCUT2D eigenvalue weighted by atomic mass is 10.3. The fourth-order valence-electron chi connectivity index (χ4n) is 1.60. The zero-order valence-electron chi connectivity index (χ0n) is 10.7. The largest absolute Gasteiger partial charge is 0.390 e. The Morgan fingerprint density at radius 1 is 1.32 bits per heavy atom. The normalized spacial score (nSPS) is 15.6. The van der Waals surface area contributed by atoms with Gasteiger partial charge in [0, 0.05) is 26.2 Å². The summed E-state index contributed by atoms with van der Waals surface area (Å²) in [5.41, 5.74) is 0.805. The average Bonchev–Trinajstić information content (AvgIpc) is 3.17. The van der Waals surface area contributed by atoms with Gasteiger partial charge in [0.15, 0.2) is 5.82 Å². The van der Waals surface area contributed by atoms with Crippen LogP contribution in [-0.2, 0) is 6.54 Å². The van der Waals surface area contributed by atoms with Crippen molar-refractivity contribution in [3.63, 3.8) is 0 Å². The Labute approximate surface area is 110 Å². The first-order chi connectivity index (χ1) is 8.94. The van der Waals surface area contributed by atoms with E-state index in [1.165, 1.54) is 17.7 Å². The predicted octanol–water partition coefficient (Wildman–Crippen LogP) is 2.12. The van der Waals surface area contributed by atoms with Crippen molar-refractivity contribution in [1.29, 1.82) is 0 Å². The van der Waals surface area contributed by atoms with Crippen LogP contribution in [-0.4, -0.2) is 36.0 Å². The van der Waals surface area contributed by atoms with Crippen LogP contribution in [0.4, 0.5) is 19.0 Å². The van der Waals surface area contributed by atoms with Crippen LogP contribution < -0.4 is 10.2 Å². The second kappa shape index (κ2) is 5.73. The van der Waals surface area contributed by atoms with Crippen molar-refractivity contribution >= 4 is 5.82 Å². The SMILES string of the molecule is CN(CCC(F)(F)F)c1ccc(CNC2CC2)nn1. The fourth-order valence-corrected chi connectivity index (χ4v) is 1.60. The quantitative estimate of drug-likeness (QED) is 0.862. The zero-order valence-corrected chi connectivity index (χ0v) is 10.7. The lowest BCUT2D eigenvalue weighted by molar-refractivity contribution is -0.132. The molecule has 1 aliphatic carbocycles. The number of hydrogen-bond acceptors (Lipinski definition) is 4. The van der Waals surface area contributed by atoms with Crippen LogP contribution in [0.5, 0.6) is 0 Å². The number of nitrogens with one attached hydrogen (secondary N) is 1. The van der Waals surface area contributed by atoms with Crippen LogP contribution in [0.25, 0.3) is 0 Å².